The smallest absolute Gasteiger partial charge is 0.204 e. The van der Waals surface area contributed by atoms with Gasteiger partial charge in [-0.3, -0.25) is 5.43 Å². The summed E-state index contributed by atoms with van der Waals surface area (Å²) in [5.74, 6) is 2.42. The Morgan fingerprint density at radius 3 is 2.42 bits per heavy atom. The van der Waals surface area contributed by atoms with E-state index in [1.165, 1.54) is 0 Å². The second-order valence-corrected chi connectivity index (χ2v) is 8.16. The van der Waals surface area contributed by atoms with Gasteiger partial charge in [-0.15, -0.1) is 0 Å². The van der Waals surface area contributed by atoms with Gasteiger partial charge in [-0.25, -0.2) is 4.98 Å². The average Bonchev–Trinajstić information content (AvgIpc) is 3.24. The number of nitrogens with one attached hydrogen (secondary N) is 1. The molecule has 0 aliphatic rings. The standard InChI is InChI=1S/C25H25N3O4S/c1-17-7-6-8-19(13-17)31-11-12-32-24-21(29-2)14-18(15-22(24)30-3)16-26-28-25-27-20-9-4-5-10-23(20)33-25/h4-10,13-16H,11-12H2,1-3H3,(H,27,28)/b26-16-. The fraction of sp³-hybridized carbons (Fsp3) is 0.200. The van der Waals surface area contributed by atoms with Crippen LogP contribution in [0.15, 0.2) is 65.8 Å². The van der Waals surface area contributed by atoms with Crippen LogP contribution in [0.25, 0.3) is 10.2 Å². The highest BCUT2D eigenvalue weighted by Gasteiger charge is 2.14. The van der Waals surface area contributed by atoms with Gasteiger partial charge < -0.3 is 18.9 Å². The second kappa shape index (κ2) is 10.7. The maximum atomic E-state index is 5.92. The van der Waals surface area contributed by atoms with Crippen LogP contribution in [-0.2, 0) is 0 Å². The number of hydrogen-bond acceptors (Lipinski definition) is 8. The molecule has 33 heavy (non-hydrogen) atoms. The average molecular weight is 464 g/mol. The van der Waals surface area contributed by atoms with Gasteiger partial charge >= 0.3 is 0 Å². The van der Waals surface area contributed by atoms with Gasteiger partial charge in [-0.1, -0.05) is 35.6 Å². The number of hydrazone groups is 1. The van der Waals surface area contributed by atoms with Crippen molar-refractivity contribution in [1.82, 2.24) is 4.98 Å². The Morgan fingerprint density at radius 2 is 1.70 bits per heavy atom. The molecule has 4 aromatic rings. The maximum Gasteiger partial charge on any atom is 0.204 e. The molecule has 0 radical (unpaired) electrons. The van der Waals surface area contributed by atoms with E-state index in [1.807, 2.05) is 67.6 Å². The lowest BCUT2D eigenvalue weighted by atomic mass is 10.2. The fourth-order valence-corrected chi connectivity index (χ4v) is 4.02. The summed E-state index contributed by atoms with van der Waals surface area (Å²) in [6, 6.07) is 19.5. The third kappa shape index (κ3) is 5.72. The zero-order chi connectivity index (χ0) is 23.0. The highest BCUT2D eigenvalue weighted by atomic mass is 32.1. The number of ether oxygens (including phenoxy) is 4. The van der Waals surface area contributed by atoms with Crippen molar-refractivity contribution in [2.45, 2.75) is 6.92 Å². The van der Waals surface area contributed by atoms with Gasteiger partial charge in [0.25, 0.3) is 0 Å². The summed E-state index contributed by atoms with van der Waals surface area (Å²) in [6.07, 6.45) is 1.68. The molecule has 1 heterocycles. The summed E-state index contributed by atoms with van der Waals surface area (Å²) in [7, 11) is 3.18. The molecule has 0 aliphatic carbocycles. The number of para-hydroxylation sites is 1. The van der Waals surface area contributed by atoms with Gasteiger partial charge in [0.2, 0.25) is 10.9 Å². The molecule has 1 aromatic heterocycles. The summed E-state index contributed by atoms with van der Waals surface area (Å²) in [5, 5.41) is 5.03. The number of thiazole rings is 1. The Kier molecular flexibility index (Phi) is 7.26. The van der Waals surface area contributed by atoms with Crippen LogP contribution >= 0.6 is 11.3 Å². The molecule has 8 heteroatoms. The van der Waals surface area contributed by atoms with E-state index in [0.29, 0.717) is 30.5 Å². The molecule has 1 N–H and O–H groups in total. The zero-order valence-electron chi connectivity index (χ0n) is 18.7. The maximum absolute atomic E-state index is 5.92. The topological polar surface area (TPSA) is 74.2 Å². The summed E-state index contributed by atoms with van der Waals surface area (Å²) in [6.45, 7) is 2.76. The Balaban J connectivity index is 1.40. The number of methoxy groups -OCH3 is 2. The molecule has 0 bridgehead atoms. The van der Waals surface area contributed by atoms with Crippen LogP contribution in [0.1, 0.15) is 11.1 Å². The van der Waals surface area contributed by atoms with Crippen LogP contribution in [0.5, 0.6) is 23.0 Å². The van der Waals surface area contributed by atoms with Crippen LogP contribution < -0.4 is 24.4 Å². The lowest BCUT2D eigenvalue weighted by molar-refractivity contribution is 0.205. The summed E-state index contributed by atoms with van der Waals surface area (Å²) in [5.41, 5.74) is 5.86. The van der Waals surface area contributed by atoms with Gasteiger partial charge in [-0.2, -0.15) is 5.10 Å². The van der Waals surface area contributed by atoms with Crippen molar-refractivity contribution in [1.29, 1.82) is 0 Å². The zero-order valence-corrected chi connectivity index (χ0v) is 19.5. The van der Waals surface area contributed by atoms with Crippen LogP contribution in [0.4, 0.5) is 5.13 Å². The normalized spacial score (nSPS) is 11.0. The van der Waals surface area contributed by atoms with Gasteiger partial charge in [0, 0.05) is 5.56 Å². The van der Waals surface area contributed by atoms with E-state index in [0.717, 1.165) is 32.2 Å². The molecule has 0 spiro atoms. The Bertz CT molecular complexity index is 1200. The first kappa shape index (κ1) is 22.4. The molecule has 170 valence electrons. The van der Waals surface area contributed by atoms with Crippen LogP contribution in [0.2, 0.25) is 0 Å². The number of aryl methyl sites for hydroxylation is 1. The third-order valence-corrected chi connectivity index (χ3v) is 5.68. The van der Waals surface area contributed by atoms with Crippen molar-refractivity contribution in [2.75, 3.05) is 32.9 Å². The van der Waals surface area contributed by atoms with Gasteiger partial charge in [-0.05, 0) is 48.9 Å². The minimum atomic E-state index is 0.341. The second-order valence-electron chi connectivity index (χ2n) is 7.12. The van der Waals surface area contributed by atoms with Gasteiger partial charge in [0.15, 0.2) is 11.5 Å². The summed E-state index contributed by atoms with van der Waals surface area (Å²) < 4.78 is 23.8. The molecule has 0 unspecified atom stereocenters. The quantitative estimate of drug-likeness (QED) is 0.189. The molecular weight excluding hydrogens is 438 g/mol. The van der Waals surface area contributed by atoms with Gasteiger partial charge in [0.05, 0.1) is 30.7 Å². The van der Waals surface area contributed by atoms with E-state index >= 15 is 0 Å². The number of fused-ring (bicyclic) bond motifs is 1. The molecule has 0 atom stereocenters. The van der Waals surface area contributed by atoms with E-state index in [2.05, 4.69) is 15.5 Å². The molecule has 0 saturated carbocycles. The van der Waals surface area contributed by atoms with E-state index in [4.69, 9.17) is 18.9 Å². The Morgan fingerprint density at radius 1 is 0.939 bits per heavy atom. The number of anilines is 1. The SMILES string of the molecule is COc1cc(/C=N\Nc2nc3ccccc3s2)cc(OC)c1OCCOc1cccc(C)c1. The number of benzene rings is 3. The molecule has 0 aliphatic heterocycles. The highest BCUT2D eigenvalue weighted by molar-refractivity contribution is 7.22. The van der Waals surface area contributed by atoms with Crippen molar-refractivity contribution in [3.8, 4) is 23.0 Å². The van der Waals surface area contributed by atoms with Crippen LogP contribution in [0, 0.1) is 6.92 Å². The number of aromatic nitrogens is 1. The minimum absolute atomic E-state index is 0.341. The van der Waals surface area contributed by atoms with Crippen molar-refractivity contribution < 1.29 is 18.9 Å². The van der Waals surface area contributed by atoms with E-state index in [-0.39, 0.29) is 0 Å². The molecule has 7 nitrogen and oxygen atoms in total. The minimum Gasteiger partial charge on any atom is -0.493 e. The molecule has 0 amide bonds. The molecule has 4 rings (SSSR count). The fourth-order valence-electron chi connectivity index (χ4n) is 3.21. The van der Waals surface area contributed by atoms with Crippen LogP contribution in [-0.4, -0.2) is 38.6 Å². The molecule has 0 saturated heterocycles. The lowest BCUT2D eigenvalue weighted by Gasteiger charge is -2.15. The van der Waals surface area contributed by atoms with E-state index in [9.17, 15) is 0 Å². The lowest BCUT2D eigenvalue weighted by Crippen LogP contribution is -2.10. The highest BCUT2D eigenvalue weighted by Crippen LogP contribution is 2.38. The molecular formula is C25H25N3O4S. The summed E-state index contributed by atoms with van der Waals surface area (Å²) >= 11 is 1.54. The van der Waals surface area contributed by atoms with Crippen molar-refractivity contribution in [2.24, 2.45) is 5.10 Å². The number of nitrogens with zero attached hydrogens (tertiary/aromatic N) is 2. The number of rotatable bonds is 10. The Hall–Kier alpha value is -3.78. The Labute approximate surface area is 196 Å². The van der Waals surface area contributed by atoms with Gasteiger partial charge in [0.1, 0.15) is 19.0 Å². The largest absolute Gasteiger partial charge is 0.493 e. The molecule has 0 fully saturated rings. The van der Waals surface area contributed by atoms with E-state index < -0.39 is 0 Å². The monoisotopic (exact) mass is 463 g/mol. The van der Waals surface area contributed by atoms with Crippen LogP contribution in [0.3, 0.4) is 0 Å². The predicted octanol–water partition coefficient (Wildman–Crippen LogP) is 5.53. The first-order valence-electron chi connectivity index (χ1n) is 10.4. The van der Waals surface area contributed by atoms with Crippen molar-refractivity contribution >= 4 is 32.9 Å². The van der Waals surface area contributed by atoms with E-state index in [1.54, 1.807) is 31.8 Å². The predicted molar refractivity (Wildman–Crippen MR) is 133 cm³/mol. The molecule has 3 aromatic carbocycles. The third-order valence-electron chi connectivity index (χ3n) is 4.74. The van der Waals surface area contributed by atoms with Crippen molar-refractivity contribution in [3.63, 3.8) is 0 Å². The first-order valence-corrected chi connectivity index (χ1v) is 11.2. The number of hydrogen-bond donors (Lipinski definition) is 1. The summed E-state index contributed by atoms with van der Waals surface area (Å²) in [4.78, 5) is 4.51. The van der Waals surface area contributed by atoms with Crippen molar-refractivity contribution in [3.05, 3.63) is 71.8 Å². The first-order chi connectivity index (χ1) is 16.2.